The molecular formula is C21H19ClN8O3S. The van der Waals surface area contributed by atoms with Crippen LogP contribution in [0.15, 0.2) is 76.8 Å². The average molecular weight is 499 g/mol. The molecule has 34 heavy (non-hydrogen) atoms. The molecule has 1 aliphatic rings. The van der Waals surface area contributed by atoms with Gasteiger partial charge in [0.05, 0.1) is 28.2 Å². The molecule has 1 fully saturated rings. The number of hydrogen-bond acceptors (Lipinski definition) is 8. The first kappa shape index (κ1) is 22.2. The van der Waals surface area contributed by atoms with Gasteiger partial charge in [-0.25, -0.2) is 13.1 Å². The summed E-state index contributed by atoms with van der Waals surface area (Å²) in [4.78, 5) is 14.8. The van der Waals surface area contributed by atoms with E-state index in [1.54, 1.807) is 30.3 Å². The summed E-state index contributed by atoms with van der Waals surface area (Å²) in [5.41, 5.74) is 1.21. The Morgan fingerprint density at radius 2 is 1.65 bits per heavy atom. The average Bonchev–Trinajstić information content (AvgIpc) is 3.42. The molecular weight excluding hydrogens is 480 g/mol. The highest BCUT2D eigenvalue weighted by atomic mass is 35.5. The van der Waals surface area contributed by atoms with Crippen molar-refractivity contribution in [3.05, 3.63) is 82.5 Å². The molecule has 0 atom stereocenters. The molecule has 5 rings (SSSR count). The van der Waals surface area contributed by atoms with Crippen LogP contribution in [0.25, 0.3) is 11.4 Å². The van der Waals surface area contributed by atoms with Crippen LogP contribution in [-0.2, 0) is 10.0 Å². The molecule has 0 N–H and O–H groups in total. The number of hydrogen-bond donors (Lipinski definition) is 0. The van der Waals surface area contributed by atoms with Gasteiger partial charge in [0.2, 0.25) is 10.0 Å². The Hall–Kier alpha value is -3.61. The van der Waals surface area contributed by atoms with Gasteiger partial charge in [-0.05, 0) is 40.8 Å². The van der Waals surface area contributed by atoms with Crippen molar-refractivity contribution < 1.29 is 8.42 Å². The van der Waals surface area contributed by atoms with E-state index in [1.165, 1.54) is 32.3 Å². The molecule has 4 aromatic rings. The molecule has 0 unspecified atom stereocenters. The summed E-state index contributed by atoms with van der Waals surface area (Å²) in [7, 11) is -3.73. The molecule has 0 radical (unpaired) electrons. The minimum absolute atomic E-state index is 0.0457. The smallest absolute Gasteiger partial charge is 0.292 e. The Bertz CT molecular complexity index is 1470. The van der Waals surface area contributed by atoms with E-state index in [0.717, 1.165) is 0 Å². The lowest BCUT2D eigenvalue weighted by Crippen LogP contribution is -2.49. The van der Waals surface area contributed by atoms with Crippen LogP contribution in [-0.4, -0.2) is 68.9 Å². The van der Waals surface area contributed by atoms with Gasteiger partial charge in [-0.15, -0.1) is 5.10 Å². The van der Waals surface area contributed by atoms with Crippen LogP contribution in [0.4, 0.5) is 5.69 Å². The Morgan fingerprint density at radius 1 is 0.912 bits per heavy atom. The maximum absolute atomic E-state index is 13.2. The normalized spacial score (nSPS) is 14.9. The largest absolute Gasteiger partial charge is 0.366 e. The molecule has 1 aliphatic heterocycles. The van der Waals surface area contributed by atoms with E-state index in [1.807, 2.05) is 23.1 Å². The highest BCUT2D eigenvalue weighted by Crippen LogP contribution is 2.25. The van der Waals surface area contributed by atoms with Gasteiger partial charge in [-0.3, -0.25) is 4.79 Å². The van der Waals surface area contributed by atoms with Crippen LogP contribution in [0.5, 0.6) is 0 Å². The topological polar surface area (TPSA) is 119 Å². The minimum Gasteiger partial charge on any atom is -0.366 e. The van der Waals surface area contributed by atoms with Gasteiger partial charge < -0.3 is 4.90 Å². The Kier molecular flexibility index (Phi) is 5.86. The number of tetrazole rings is 1. The van der Waals surface area contributed by atoms with Crippen molar-refractivity contribution in [1.82, 2.24) is 34.3 Å². The second kappa shape index (κ2) is 8.97. The summed E-state index contributed by atoms with van der Waals surface area (Å²) in [6.45, 7) is 1.19. The monoisotopic (exact) mass is 498 g/mol. The summed E-state index contributed by atoms with van der Waals surface area (Å²) in [5, 5.41) is 15.3. The molecule has 2 aromatic heterocycles. The lowest BCUT2D eigenvalue weighted by Gasteiger charge is -2.35. The first-order valence-corrected chi connectivity index (χ1v) is 12.2. The number of nitrogens with zero attached hydrogens (tertiary/aromatic N) is 8. The van der Waals surface area contributed by atoms with Crippen LogP contribution in [0.1, 0.15) is 0 Å². The van der Waals surface area contributed by atoms with E-state index in [4.69, 9.17) is 11.6 Å². The van der Waals surface area contributed by atoms with Crippen LogP contribution in [0, 0.1) is 0 Å². The third kappa shape index (κ3) is 4.06. The predicted molar refractivity (Wildman–Crippen MR) is 125 cm³/mol. The summed E-state index contributed by atoms with van der Waals surface area (Å²) >= 11 is 6.40. The van der Waals surface area contributed by atoms with Gasteiger partial charge in [0, 0.05) is 26.2 Å². The second-order valence-electron chi connectivity index (χ2n) is 7.54. The van der Waals surface area contributed by atoms with E-state index in [9.17, 15) is 13.2 Å². The second-order valence-corrected chi connectivity index (χ2v) is 9.86. The number of para-hydroxylation sites is 1. The van der Waals surface area contributed by atoms with Gasteiger partial charge in [-0.2, -0.15) is 14.1 Å². The zero-order chi connectivity index (χ0) is 23.7. The molecule has 13 heteroatoms. The van der Waals surface area contributed by atoms with Gasteiger partial charge >= 0.3 is 0 Å². The van der Waals surface area contributed by atoms with Crippen molar-refractivity contribution in [2.24, 2.45) is 0 Å². The third-order valence-corrected chi connectivity index (χ3v) is 7.80. The zero-order valence-electron chi connectivity index (χ0n) is 17.8. The van der Waals surface area contributed by atoms with Crippen molar-refractivity contribution in [1.29, 1.82) is 0 Å². The number of sulfonamides is 1. The van der Waals surface area contributed by atoms with E-state index in [2.05, 4.69) is 20.6 Å². The molecule has 0 bridgehead atoms. The molecule has 174 valence electrons. The van der Waals surface area contributed by atoms with Crippen molar-refractivity contribution in [2.75, 3.05) is 31.1 Å². The molecule has 2 aromatic carbocycles. The fraction of sp³-hybridized carbons (Fsp3) is 0.190. The molecule has 11 nitrogen and oxygen atoms in total. The summed E-state index contributed by atoms with van der Waals surface area (Å²) in [6, 6.07) is 15.4. The van der Waals surface area contributed by atoms with Crippen LogP contribution >= 0.6 is 11.6 Å². The van der Waals surface area contributed by atoms with E-state index in [0.29, 0.717) is 30.2 Å². The number of halogens is 1. The van der Waals surface area contributed by atoms with Crippen LogP contribution < -0.4 is 10.5 Å². The summed E-state index contributed by atoms with van der Waals surface area (Å²) in [5.74, 6) is 0. The highest BCUT2D eigenvalue weighted by molar-refractivity contribution is 7.89. The van der Waals surface area contributed by atoms with Gasteiger partial charge in [0.15, 0.2) is 0 Å². The first-order chi connectivity index (χ1) is 16.4. The Labute approximate surface area is 199 Å². The summed E-state index contributed by atoms with van der Waals surface area (Å²) < 4.78 is 30.5. The number of anilines is 1. The predicted octanol–water partition coefficient (Wildman–Crippen LogP) is 1.37. The third-order valence-electron chi connectivity index (χ3n) is 5.55. The fourth-order valence-corrected chi connectivity index (χ4v) is 5.49. The molecule has 1 saturated heterocycles. The van der Waals surface area contributed by atoms with Gasteiger partial charge in [0.25, 0.3) is 5.56 Å². The Balaban J connectivity index is 1.34. The minimum atomic E-state index is -3.73. The molecule has 0 amide bonds. The number of benzene rings is 2. The zero-order valence-corrected chi connectivity index (χ0v) is 19.3. The van der Waals surface area contributed by atoms with Gasteiger partial charge in [0.1, 0.15) is 11.3 Å². The van der Waals surface area contributed by atoms with Crippen LogP contribution in [0.2, 0.25) is 5.02 Å². The van der Waals surface area contributed by atoms with Gasteiger partial charge in [-0.1, -0.05) is 35.9 Å². The number of rotatable bonds is 5. The molecule has 0 saturated carbocycles. The van der Waals surface area contributed by atoms with Crippen molar-refractivity contribution in [3.8, 4) is 11.4 Å². The van der Waals surface area contributed by atoms with Crippen molar-refractivity contribution in [3.63, 3.8) is 0 Å². The molecule has 0 spiro atoms. The maximum atomic E-state index is 13.2. The van der Waals surface area contributed by atoms with E-state index < -0.39 is 15.6 Å². The molecule has 0 aliphatic carbocycles. The van der Waals surface area contributed by atoms with Crippen molar-refractivity contribution >= 4 is 27.3 Å². The lowest BCUT2D eigenvalue weighted by molar-refractivity contribution is 0.384. The number of aromatic nitrogens is 6. The highest BCUT2D eigenvalue weighted by Gasteiger charge is 2.30. The van der Waals surface area contributed by atoms with E-state index >= 15 is 0 Å². The fourth-order valence-electron chi connectivity index (χ4n) is 3.78. The summed E-state index contributed by atoms with van der Waals surface area (Å²) in [6.07, 6.45) is 2.93. The van der Waals surface area contributed by atoms with Crippen LogP contribution in [0.3, 0.4) is 0 Å². The lowest BCUT2D eigenvalue weighted by atomic mass is 10.3. The van der Waals surface area contributed by atoms with E-state index in [-0.39, 0.29) is 23.0 Å². The SMILES string of the molecule is O=c1c(Cl)c(N2CCN(S(=O)(=O)c3cccc(-n4cnnn4)c3)CC2)cnn1-c1ccccc1. The Morgan fingerprint density at radius 3 is 2.35 bits per heavy atom. The number of piperazine rings is 1. The quantitative estimate of drug-likeness (QED) is 0.405. The van der Waals surface area contributed by atoms with Crippen molar-refractivity contribution in [2.45, 2.75) is 4.90 Å². The standard InChI is InChI=1S/C21H19ClN8O3S/c22-20-19(14-24-30(21(20)31)16-5-2-1-3-6-16)27-9-11-28(12-10-27)34(32,33)18-8-4-7-17(13-18)29-15-23-25-26-29/h1-8,13-15H,9-12H2. The maximum Gasteiger partial charge on any atom is 0.292 e. The molecule has 3 heterocycles. The first-order valence-electron chi connectivity index (χ1n) is 10.4.